The number of nitrogens with zero attached hydrogens (tertiary/aromatic N) is 1. The number of hydrogen-bond acceptors (Lipinski definition) is 1. The molecule has 0 aliphatic rings. The van der Waals surface area contributed by atoms with Gasteiger partial charge in [-0.1, -0.05) is 6.07 Å². The highest BCUT2D eigenvalue weighted by atomic mass is 16.3. The topological polar surface area (TPSA) is 32.8 Å². The van der Waals surface area contributed by atoms with E-state index >= 15 is 0 Å². The van der Waals surface area contributed by atoms with Gasteiger partial charge in [0.15, 0.2) is 0 Å². The molecule has 0 bridgehead atoms. The summed E-state index contributed by atoms with van der Waals surface area (Å²) >= 11 is 0. The van der Waals surface area contributed by atoms with Gasteiger partial charge in [-0.3, -0.25) is 4.98 Å². The van der Waals surface area contributed by atoms with E-state index in [0.717, 1.165) is 0 Å². The minimum absolute atomic E-state index is 0.221. The Hall–Kier alpha value is -0.890. The first-order chi connectivity index (χ1) is 3.93. The van der Waals surface area contributed by atoms with E-state index < -0.39 is 0 Å². The van der Waals surface area contributed by atoms with Gasteiger partial charge in [-0.05, 0) is 12.1 Å². The summed E-state index contributed by atoms with van der Waals surface area (Å²) in [5.41, 5.74) is 0.604. The summed E-state index contributed by atoms with van der Waals surface area (Å²) in [6.07, 6.45) is 1.62. The normalized spacial score (nSPS) is 9.12. The van der Waals surface area contributed by atoms with Crippen molar-refractivity contribution in [1.29, 1.82) is 0 Å². The zero-order valence-electron chi connectivity index (χ0n) is 4.37. The Morgan fingerprint density at radius 1 is 1.50 bits per heavy atom. The Morgan fingerprint density at radius 2 is 2.38 bits per heavy atom. The molecule has 1 radical (unpaired) electrons. The molecular formula is C6H6NO. The van der Waals surface area contributed by atoms with Crippen LogP contribution in [0, 0.1) is 0 Å². The number of hydrogen-bond donors (Lipinski definition) is 0. The summed E-state index contributed by atoms with van der Waals surface area (Å²) in [6.45, 7) is -0.221. The van der Waals surface area contributed by atoms with Crippen molar-refractivity contribution in [2.45, 2.75) is 6.61 Å². The van der Waals surface area contributed by atoms with Crippen molar-refractivity contribution in [2.75, 3.05) is 0 Å². The van der Waals surface area contributed by atoms with Crippen LogP contribution in [0.3, 0.4) is 0 Å². The standard InChI is InChI=1S/C6H6NO/c8-5-6-3-1-2-4-7-6/h1-4H,5H2. The van der Waals surface area contributed by atoms with E-state index in [2.05, 4.69) is 4.98 Å². The van der Waals surface area contributed by atoms with Crippen molar-refractivity contribution in [2.24, 2.45) is 0 Å². The molecule has 0 unspecified atom stereocenters. The van der Waals surface area contributed by atoms with E-state index in [9.17, 15) is 5.11 Å². The molecule has 0 fully saturated rings. The lowest BCUT2D eigenvalue weighted by molar-refractivity contribution is 0.174. The van der Waals surface area contributed by atoms with E-state index in [1.807, 2.05) is 0 Å². The quantitative estimate of drug-likeness (QED) is 0.528. The third kappa shape index (κ3) is 1.04. The van der Waals surface area contributed by atoms with Crippen molar-refractivity contribution in [3.8, 4) is 0 Å². The van der Waals surface area contributed by atoms with Crippen LogP contribution in [0.5, 0.6) is 0 Å². The van der Waals surface area contributed by atoms with Gasteiger partial charge in [0, 0.05) is 6.20 Å². The average molecular weight is 108 g/mol. The predicted octanol–water partition coefficient (Wildman–Crippen LogP) is 1.01. The Balaban J connectivity index is 2.83. The molecule has 2 nitrogen and oxygen atoms in total. The van der Waals surface area contributed by atoms with E-state index in [0.29, 0.717) is 5.69 Å². The molecule has 8 heavy (non-hydrogen) atoms. The largest absolute Gasteiger partial charge is 0.259 e. The molecule has 1 heterocycles. The van der Waals surface area contributed by atoms with Gasteiger partial charge in [0.2, 0.25) is 0 Å². The van der Waals surface area contributed by atoms with Gasteiger partial charge >= 0.3 is 0 Å². The van der Waals surface area contributed by atoms with E-state index in [4.69, 9.17) is 0 Å². The Bertz CT molecular complexity index is 150. The van der Waals surface area contributed by atoms with Crippen LogP contribution < -0.4 is 0 Å². The fourth-order valence-electron chi connectivity index (χ4n) is 0.484. The molecular weight excluding hydrogens is 102 g/mol. The third-order valence-electron chi connectivity index (χ3n) is 0.874. The fourth-order valence-corrected chi connectivity index (χ4v) is 0.484. The highest BCUT2D eigenvalue weighted by Crippen LogP contribution is 1.90. The molecule has 0 saturated heterocycles. The van der Waals surface area contributed by atoms with Crippen molar-refractivity contribution < 1.29 is 5.11 Å². The van der Waals surface area contributed by atoms with Gasteiger partial charge in [-0.2, -0.15) is 0 Å². The third-order valence-corrected chi connectivity index (χ3v) is 0.874. The Morgan fingerprint density at radius 3 is 2.75 bits per heavy atom. The Kier molecular flexibility index (Phi) is 1.59. The van der Waals surface area contributed by atoms with Crippen molar-refractivity contribution in [3.05, 3.63) is 30.1 Å². The van der Waals surface area contributed by atoms with E-state index in [-0.39, 0.29) is 6.61 Å². The van der Waals surface area contributed by atoms with Crippen LogP contribution in [0.1, 0.15) is 5.69 Å². The summed E-state index contributed by atoms with van der Waals surface area (Å²) < 4.78 is 0. The van der Waals surface area contributed by atoms with Gasteiger partial charge in [-0.25, -0.2) is 5.11 Å². The lowest BCUT2D eigenvalue weighted by atomic mass is 10.4. The SMILES string of the molecule is [O]Cc1ccccn1. The van der Waals surface area contributed by atoms with Crippen LogP contribution >= 0.6 is 0 Å². The summed E-state index contributed by atoms with van der Waals surface area (Å²) in [4.78, 5) is 3.78. The molecule has 0 aliphatic carbocycles. The monoisotopic (exact) mass is 108 g/mol. The molecule has 0 N–H and O–H groups in total. The highest BCUT2D eigenvalue weighted by Gasteiger charge is 1.84. The van der Waals surface area contributed by atoms with Gasteiger partial charge in [-0.15, -0.1) is 0 Å². The fraction of sp³-hybridized carbons (Fsp3) is 0.167. The van der Waals surface area contributed by atoms with Crippen molar-refractivity contribution in [1.82, 2.24) is 4.98 Å². The zero-order chi connectivity index (χ0) is 5.82. The summed E-state index contributed by atoms with van der Waals surface area (Å²) in [5.74, 6) is 0. The maximum Gasteiger partial charge on any atom is 0.124 e. The van der Waals surface area contributed by atoms with Crippen molar-refractivity contribution >= 4 is 0 Å². The molecule has 0 atom stereocenters. The average Bonchev–Trinajstić information content (AvgIpc) is 1.90. The molecule has 2 heteroatoms. The first-order valence-corrected chi connectivity index (χ1v) is 2.41. The van der Waals surface area contributed by atoms with Gasteiger partial charge in [0.25, 0.3) is 0 Å². The molecule has 0 aliphatic heterocycles. The summed E-state index contributed by atoms with van der Waals surface area (Å²) in [6, 6.07) is 5.31. The molecule has 0 aromatic carbocycles. The van der Waals surface area contributed by atoms with E-state index in [1.165, 1.54) is 0 Å². The second-order valence-corrected chi connectivity index (χ2v) is 1.47. The molecule has 1 rings (SSSR count). The second kappa shape index (κ2) is 2.43. The van der Waals surface area contributed by atoms with Crippen LogP contribution in [0.15, 0.2) is 24.4 Å². The van der Waals surface area contributed by atoms with Gasteiger partial charge in [0.05, 0.1) is 5.69 Å². The maximum absolute atomic E-state index is 10.1. The van der Waals surface area contributed by atoms with Crippen LogP contribution in [0.4, 0.5) is 0 Å². The summed E-state index contributed by atoms with van der Waals surface area (Å²) in [7, 11) is 0. The number of pyridine rings is 1. The zero-order valence-corrected chi connectivity index (χ0v) is 4.37. The lowest BCUT2D eigenvalue weighted by Crippen LogP contribution is -1.82. The van der Waals surface area contributed by atoms with Gasteiger partial charge in [0.1, 0.15) is 6.61 Å². The number of aromatic nitrogens is 1. The predicted molar refractivity (Wildman–Crippen MR) is 28.6 cm³/mol. The second-order valence-electron chi connectivity index (χ2n) is 1.47. The molecule has 41 valence electrons. The molecule has 0 amide bonds. The molecule has 1 aromatic heterocycles. The lowest BCUT2D eigenvalue weighted by Gasteiger charge is -1.86. The molecule has 0 saturated carbocycles. The Labute approximate surface area is 47.8 Å². The first-order valence-electron chi connectivity index (χ1n) is 2.41. The smallest absolute Gasteiger partial charge is 0.124 e. The van der Waals surface area contributed by atoms with Crippen molar-refractivity contribution in [3.63, 3.8) is 0 Å². The van der Waals surface area contributed by atoms with Crippen LogP contribution in [0.2, 0.25) is 0 Å². The van der Waals surface area contributed by atoms with E-state index in [1.54, 1.807) is 24.4 Å². The van der Waals surface area contributed by atoms with Crippen LogP contribution in [-0.4, -0.2) is 4.98 Å². The van der Waals surface area contributed by atoms with Crippen LogP contribution in [-0.2, 0) is 11.7 Å². The molecule has 1 aromatic rings. The first kappa shape index (κ1) is 5.25. The highest BCUT2D eigenvalue weighted by molar-refractivity contribution is 5.01. The number of rotatable bonds is 1. The van der Waals surface area contributed by atoms with Gasteiger partial charge < -0.3 is 0 Å². The van der Waals surface area contributed by atoms with Crippen LogP contribution in [0.25, 0.3) is 0 Å². The molecule has 0 spiro atoms. The minimum Gasteiger partial charge on any atom is -0.259 e. The summed E-state index contributed by atoms with van der Waals surface area (Å²) in [5, 5.41) is 10.1. The maximum atomic E-state index is 10.1. The minimum atomic E-state index is -0.221.